The molecule has 30 heavy (non-hydrogen) atoms. The first-order valence-corrected chi connectivity index (χ1v) is 9.95. The number of anilines is 1. The van der Waals surface area contributed by atoms with E-state index in [4.69, 9.17) is 9.72 Å². The van der Waals surface area contributed by atoms with Crippen LogP contribution in [-0.4, -0.2) is 40.1 Å². The molecule has 4 rings (SSSR count). The number of hydrogen-bond donors (Lipinski definition) is 2. The van der Waals surface area contributed by atoms with E-state index in [1.54, 1.807) is 4.90 Å². The highest BCUT2D eigenvalue weighted by Crippen LogP contribution is 2.20. The maximum atomic E-state index is 12.2. The van der Waals surface area contributed by atoms with Gasteiger partial charge < -0.3 is 19.5 Å². The number of rotatable bonds is 7. The van der Waals surface area contributed by atoms with Crippen LogP contribution in [0.15, 0.2) is 42.5 Å². The first kappa shape index (κ1) is 19.8. The first-order valence-electron chi connectivity index (χ1n) is 9.95. The average Bonchev–Trinajstić information content (AvgIpc) is 3.35. The number of nitro benzene ring substituents is 1. The Morgan fingerprint density at radius 3 is 2.67 bits per heavy atom. The van der Waals surface area contributed by atoms with E-state index in [0.29, 0.717) is 11.4 Å². The molecule has 2 heterocycles. The third-order valence-electron chi connectivity index (χ3n) is 5.39. The summed E-state index contributed by atoms with van der Waals surface area (Å²) in [6.07, 6.45) is 2.55. The number of amides is 1. The number of non-ortho nitro benzene ring substituents is 1. The van der Waals surface area contributed by atoms with Gasteiger partial charge in [-0.3, -0.25) is 14.9 Å². The summed E-state index contributed by atoms with van der Waals surface area (Å²) < 4.78 is 7.52. The van der Waals surface area contributed by atoms with Crippen LogP contribution in [0.3, 0.4) is 0 Å². The standard InChI is InChI=1S/C21H23N5O4/c1-24-19-9-4-15(12-18(19)23-20(24)13-25-10-2-3-11-25)22-21(27)14-30-17-7-5-16(6-8-17)26(28)29/h4-9,12H,2-3,10-11,13-14H2,1H3,(H,22,27)/p+1. The molecule has 0 spiro atoms. The van der Waals surface area contributed by atoms with Gasteiger partial charge in [0.2, 0.25) is 0 Å². The Labute approximate surface area is 173 Å². The molecule has 9 nitrogen and oxygen atoms in total. The van der Waals surface area contributed by atoms with Crippen LogP contribution in [0, 0.1) is 10.1 Å². The highest BCUT2D eigenvalue weighted by molar-refractivity contribution is 5.94. The number of fused-ring (bicyclic) bond motifs is 1. The molecule has 1 aliphatic rings. The Morgan fingerprint density at radius 2 is 1.97 bits per heavy atom. The number of carbonyl (C=O) groups is 1. The fourth-order valence-electron chi connectivity index (χ4n) is 3.77. The largest absolute Gasteiger partial charge is 0.484 e. The topological polar surface area (TPSA) is 104 Å². The molecule has 3 aromatic rings. The Kier molecular flexibility index (Phi) is 5.62. The minimum Gasteiger partial charge on any atom is -0.484 e. The lowest BCUT2D eigenvalue weighted by atomic mass is 10.2. The smallest absolute Gasteiger partial charge is 0.269 e. The number of aryl methyl sites for hydroxylation is 1. The van der Waals surface area contributed by atoms with Crippen molar-refractivity contribution in [3.63, 3.8) is 0 Å². The Bertz CT molecular complexity index is 1070. The first-order chi connectivity index (χ1) is 14.5. The maximum absolute atomic E-state index is 12.2. The van der Waals surface area contributed by atoms with Crippen LogP contribution < -0.4 is 15.0 Å². The second-order valence-corrected chi connectivity index (χ2v) is 7.51. The number of nitrogens with zero attached hydrogens (tertiary/aromatic N) is 3. The number of hydrogen-bond acceptors (Lipinski definition) is 5. The average molecular weight is 410 g/mol. The minimum absolute atomic E-state index is 0.0267. The number of imidazole rings is 1. The molecular formula is C21H24N5O4+. The number of likely N-dealkylation sites (tertiary alicyclic amines) is 1. The van der Waals surface area contributed by atoms with Gasteiger partial charge in [0, 0.05) is 37.7 Å². The monoisotopic (exact) mass is 410 g/mol. The van der Waals surface area contributed by atoms with Crippen molar-refractivity contribution in [2.45, 2.75) is 19.4 Å². The summed E-state index contributed by atoms with van der Waals surface area (Å²) in [5.41, 5.74) is 2.50. The van der Waals surface area contributed by atoms with Gasteiger partial charge in [-0.25, -0.2) is 4.98 Å². The number of ether oxygens (including phenoxy) is 1. The van der Waals surface area contributed by atoms with E-state index < -0.39 is 4.92 Å². The molecule has 1 aliphatic heterocycles. The van der Waals surface area contributed by atoms with Crippen LogP contribution >= 0.6 is 0 Å². The number of nitro groups is 1. The number of carbonyl (C=O) groups excluding carboxylic acids is 1. The summed E-state index contributed by atoms with van der Waals surface area (Å²) in [5, 5.41) is 13.5. The Balaban J connectivity index is 1.38. The lowest BCUT2D eigenvalue weighted by molar-refractivity contribution is -0.902. The zero-order valence-corrected chi connectivity index (χ0v) is 16.8. The number of aromatic nitrogens is 2. The summed E-state index contributed by atoms with van der Waals surface area (Å²) >= 11 is 0. The molecule has 1 saturated heterocycles. The molecule has 9 heteroatoms. The van der Waals surface area contributed by atoms with Crippen LogP contribution in [0.25, 0.3) is 11.0 Å². The van der Waals surface area contributed by atoms with Crippen molar-refractivity contribution in [3.05, 3.63) is 58.4 Å². The van der Waals surface area contributed by atoms with Crippen LogP contribution in [0.2, 0.25) is 0 Å². The third kappa shape index (κ3) is 4.41. The van der Waals surface area contributed by atoms with E-state index in [-0.39, 0.29) is 18.2 Å². The van der Waals surface area contributed by atoms with Crippen molar-refractivity contribution < 1.29 is 19.4 Å². The zero-order chi connectivity index (χ0) is 21.1. The normalized spacial score (nSPS) is 14.2. The van der Waals surface area contributed by atoms with Crippen LogP contribution in [0.4, 0.5) is 11.4 Å². The van der Waals surface area contributed by atoms with Gasteiger partial charge in [-0.2, -0.15) is 0 Å². The van der Waals surface area contributed by atoms with E-state index in [2.05, 4.69) is 9.88 Å². The molecule has 0 bridgehead atoms. The van der Waals surface area contributed by atoms with Gasteiger partial charge in [0.1, 0.15) is 12.3 Å². The van der Waals surface area contributed by atoms with E-state index >= 15 is 0 Å². The Morgan fingerprint density at radius 1 is 1.23 bits per heavy atom. The highest BCUT2D eigenvalue weighted by Gasteiger charge is 2.19. The van der Waals surface area contributed by atoms with Gasteiger partial charge in [0.15, 0.2) is 12.4 Å². The van der Waals surface area contributed by atoms with Crippen LogP contribution in [-0.2, 0) is 18.4 Å². The Hall–Kier alpha value is -3.46. The lowest BCUT2D eigenvalue weighted by Crippen LogP contribution is -3.08. The van der Waals surface area contributed by atoms with Crippen molar-refractivity contribution >= 4 is 28.3 Å². The predicted octanol–water partition coefficient (Wildman–Crippen LogP) is 1.68. The summed E-state index contributed by atoms with van der Waals surface area (Å²) in [7, 11) is 2.02. The molecule has 0 saturated carbocycles. The van der Waals surface area contributed by atoms with Gasteiger partial charge in [-0.15, -0.1) is 0 Å². The number of nitrogens with one attached hydrogen (secondary N) is 2. The summed E-state index contributed by atoms with van der Waals surface area (Å²) in [6, 6.07) is 11.3. The second kappa shape index (κ2) is 8.50. The molecule has 2 aromatic carbocycles. The highest BCUT2D eigenvalue weighted by atomic mass is 16.6. The zero-order valence-electron chi connectivity index (χ0n) is 16.8. The molecule has 1 aromatic heterocycles. The van der Waals surface area contributed by atoms with Gasteiger partial charge >= 0.3 is 0 Å². The van der Waals surface area contributed by atoms with Crippen molar-refractivity contribution in [2.75, 3.05) is 25.0 Å². The quantitative estimate of drug-likeness (QED) is 0.456. The molecular weight excluding hydrogens is 386 g/mol. The molecule has 0 radical (unpaired) electrons. The summed E-state index contributed by atoms with van der Waals surface area (Å²) in [6.45, 7) is 3.11. The lowest BCUT2D eigenvalue weighted by Gasteiger charge is -2.11. The molecule has 2 N–H and O–H groups in total. The molecule has 0 aliphatic carbocycles. The summed E-state index contributed by atoms with van der Waals surface area (Å²) in [5.74, 6) is 1.13. The van der Waals surface area contributed by atoms with Gasteiger partial charge in [0.25, 0.3) is 11.6 Å². The molecule has 1 amide bonds. The molecule has 0 atom stereocenters. The number of benzene rings is 2. The van der Waals surface area contributed by atoms with Gasteiger partial charge in [-0.05, 0) is 30.3 Å². The molecule has 156 valence electrons. The van der Waals surface area contributed by atoms with Crippen LogP contribution in [0.1, 0.15) is 18.7 Å². The van der Waals surface area contributed by atoms with Crippen LogP contribution in [0.5, 0.6) is 5.75 Å². The molecule has 1 fully saturated rings. The van der Waals surface area contributed by atoms with Crippen molar-refractivity contribution in [1.82, 2.24) is 9.55 Å². The minimum atomic E-state index is -0.484. The van der Waals surface area contributed by atoms with Gasteiger partial charge in [0.05, 0.1) is 29.0 Å². The fraction of sp³-hybridized carbons (Fsp3) is 0.333. The molecule has 0 unspecified atom stereocenters. The fourth-order valence-corrected chi connectivity index (χ4v) is 3.77. The van der Waals surface area contributed by atoms with E-state index in [9.17, 15) is 14.9 Å². The maximum Gasteiger partial charge on any atom is 0.269 e. The predicted molar refractivity (Wildman–Crippen MR) is 112 cm³/mol. The van der Waals surface area contributed by atoms with Crippen molar-refractivity contribution in [1.29, 1.82) is 0 Å². The van der Waals surface area contributed by atoms with Gasteiger partial charge in [-0.1, -0.05) is 0 Å². The number of quaternary nitrogens is 1. The second-order valence-electron chi connectivity index (χ2n) is 7.51. The SMILES string of the molecule is Cn1c(C[NH+]2CCCC2)nc2cc(NC(=O)COc3ccc([N+](=O)[O-])cc3)ccc21. The third-order valence-corrected chi connectivity index (χ3v) is 5.39. The van der Waals surface area contributed by atoms with Crippen molar-refractivity contribution in [3.8, 4) is 5.75 Å². The van der Waals surface area contributed by atoms with E-state index in [1.807, 2.05) is 25.2 Å². The van der Waals surface area contributed by atoms with E-state index in [0.717, 1.165) is 23.4 Å². The van der Waals surface area contributed by atoms with E-state index in [1.165, 1.54) is 50.2 Å². The summed E-state index contributed by atoms with van der Waals surface area (Å²) in [4.78, 5) is 28.7. The van der Waals surface area contributed by atoms with Crippen molar-refractivity contribution in [2.24, 2.45) is 7.05 Å².